The zero-order valence-electron chi connectivity index (χ0n) is 14.9. The van der Waals surface area contributed by atoms with Gasteiger partial charge in [-0.2, -0.15) is 0 Å². The number of methoxy groups -OCH3 is 1. The first-order valence-electron chi connectivity index (χ1n) is 9.39. The van der Waals surface area contributed by atoms with Crippen molar-refractivity contribution >= 4 is 5.78 Å². The number of rotatable bonds is 4. The van der Waals surface area contributed by atoms with Crippen LogP contribution in [0.3, 0.4) is 0 Å². The van der Waals surface area contributed by atoms with Gasteiger partial charge in [0, 0.05) is 18.1 Å². The molecule has 0 bridgehead atoms. The van der Waals surface area contributed by atoms with Crippen molar-refractivity contribution in [3.63, 3.8) is 0 Å². The minimum Gasteiger partial charge on any atom is -0.493 e. The lowest BCUT2D eigenvalue weighted by Gasteiger charge is -2.41. The van der Waals surface area contributed by atoms with Gasteiger partial charge in [0.2, 0.25) is 0 Å². The number of hydrogen-bond donors (Lipinski definition) is 0. The predicted molar refractivity (Wildman–Crippen MR) is 93.6 cm³/mol. The highest BCUT2D eigenvalue weighted by molar-refractivity contribution is 6.05. The molecule has 1 spiro atoms. The fourth-order valence-corrected chi connectivity index (χ4v) is 4.48. The van der Waals surface area contributed by atoms with Crippen molar-refractivity contribution in [3.8, 4) is 5.75 Å². The molecule has 0 unspecified atom stereocenters. The normalized spacial score (nSPS) is 32.7. The molecule has 0 saturated heterocycles. The van der Waals surface area contributed by atoms with Crippen LogP contribution in [0.1, 0.15) is 67.8 Å². The van der Waals surface area contributed by atoms with Crippen LogP contribution in [0.5, 0.6) is 5.75 Å². The summed E-state index contributed by atoms with van der Waals surface area (Å²) in [4.78, 5) is 13.1. The van der Waals surface area contributed by atoms with Crippen LogP contribution in [-0.2, 0) is 11.2 Å². The van der Waals surface area contributed by atoms with E-state index in [1.54, 1.807) is 7.11 Å². The predicted octanol–water partition coefficient (Wildman–Crippen LogP) is 4.57. The Bertz CT molecular complexity index is 636. The summed E-state index contributed by atoms with van der Waals surface area (Å²) >= 11 is 0. The molecule has 0 atom stereocenters. The van der Waals surface area contributed by atoms with Crippen molar-refractivity contribution in [1.29, 1.82) is 0 Å². The molecule has 0 amide bonds. The van der Waals surface area contributed by atoms with Gasteiger partial charge in [-0.05, 0) is 75.5 Å². The smallest absolute Gasteiger partial charge is 0.169 e. The average Bonchev–Trinajstić information content (AvgIpc) is 2.82. The number of benzene rings is 1. The van der Waals surface area contributed by atoms with Gasteiger partial charge in [0.25, 0.3) is 0 Å². The van der Waals surface area contributed by atoms with Crippen molar-refractivity contribution in [2.45, 2.75) is 63.9 Å². The number of carbonyl (C=O) groups excluding carboxylic acids is 1. The Hall–Kier alpha value is -1.35. The van der Waals surface area contributed by atoms with Crippen LogP contribution in [0.4, 0.5) is 0 Å². The first-order valence-corrected chi connectivity index (χ1v) is 9.39. The van der Waals surface area contributed by atoms with Crippen LogP contribution in [0, 0.1) is 11.3 Å². The molecule has 0 heterocycles. The summed E-state index contributed by atoms with van der Waals surface area (Å²) in [5, 5.41) is 0. The largest absolute Gasteiger partial charge is 0.493 e. The van der Waals surface area contributed by atoms with Crippen LogP contribution < -0.4 is 4.74 Å². The third kappa shape index (κ3) is 2.67. The molecule has 24 heavy (non-hydrogen) atoms. The van der Waals surface area contributed by atoms with Gasteiger partial charge in [0.05, 0.1) is 12.2 Å². The van der Waals surface area contributed by atoms with Gasteiger partial charge < -0.3 is 9.47 Å². The minimum atomic E-state index is -0.188. The van der Waals surface area contributed by atoms with Gasteiger partial charge in [-0.3, -0.25) is 4.79 Å². The third-order valence-electron chi connectivity index (χ3n) is 6.80. The van der Waals surface area contributed by atoms with Crippen molar-refractivity contribution < 1.29 is 14.3 Å². The zero-order chi connectivity index (χ0) is 16.8. The summed E-state index contributed by atoms with van der Waals surface area (Å²) in [6.07, 6.45) is 8.59. The molecular weight excluding hydrogens is 300 g/mol. The maximum Gasteiger partial charge on any atom is 0.169 e. The summed E-state index contributed by atoms with van der Waals surface area (Å²) in [5.74, 6) is 1.92. The van der Waals surface area contributed by atoms with E-state index in [1.165, 1.54) is 24.8 Å². The SMILES string of the molecule is COC1(C)CCC2(CC1)Cc1ccc(OCC3CCC3)cc1C2=O. The van der Waals surface area contributed by atoms with Crippen LogP contribution >= 0.6 is 0 Å². The average molecular weight is 328 g/mol. The van der Waals surface area contributed by atoms with Gasteiger partial charge in [-0.15, -0.1) is 0 Å². The Morgan fingerprint density at radius 3 is 2.54 bits per heavy atom. The number of hydrogen-bond acceptors (Lipinski definition) is 3. The minimum absolute atomic E-state index is 0.0582. The van der Waals surface area contributed by atoms with Gasteiger partial charge in [-0.25, -0.2) is 0 Å². The summed E-state index contributed by atoms with van der Waals surface area (Å²) in [6.45, 7) is 2.96. The molecule has 0 N–H and O–H groups in total. The zero-order valence-corrected chi connectivity index (χ0v) is 14.9. The van der Waals surface area contributed by atoms with Crippen molar-refractivity contribution in [1.82, 2.24) is 0 Å². The number of ketones is 1. The van der Waals surface area contributed by atoms with Crippen LogP contribution in [-0.4, -0.2) is 25.1 Å². The van der Waals surface area contributed by atoms with E-state index in [2.05, 4.69) is 13.0 Å². The summed E-state index contributed by atoms with van der Waals surface area (Å²) in [5.41, 5.74) is 1.86. The molecule has 2 saturated carbocycles. The molecule has 1 aromatic rings. The summed E-state index contributed by atoms with van der Waals surface area (Å²) in [6, 6.07) is 6.16. The molecule has 2 fully saturated rings. The van der Waals surface area contributed by atoms with Gasteiger partial charge >= 0.3 is 0 Å². The van der Waals surface area contributed by atoms with Gasteiger partial charge in [-0.1, -0.05) is 12.5 Å². The van der Waals surface area contributed by atoms with Crippen LogP contribution in [0.15, 0.2) is 18.2 Å². The number of Topliss-reactive ketones (excluding diaryl/α,β-unsaturated/α-hetero) is 1. The lowest BCUT2D eigenvalue weighted by atomic mass is 9.67. The Morgan fingerprint density at radius 2 is 1.92 bits per heavy atom. The highest BCUT2D eigenvalue weighted by Gasteiger charge is 2.49. The Balaban J connectivity index is 1.48. The van der Waals surface area contributed by atoms with Gasteiger partial charge in [0.1, 0.15) is 5.75 Å². The van der Waals surface area contributed by atoms with E-state index >= 15 is 0 Å². The van der Waals surface area contributed by atoms with E-state index in [4.69, 9.17) is 9.47 Å². The van der Waals surface area contributed by atoms with E-state index in [0.717, 1.165) is 50.0 Å². The molecule has 4 rings (SSSR count). The fraction of sp³-hybridized carbons (Fsp3) is 0.667. The molecular formula is C21H28O3. The number of carbonyl (C=O) groups is 1. The van der Waals surface area contributed by atoms with E-state index in [1.807, 2.05) is 12.1 Å². The molecule has 1 aromatic carbocycles. The first kappa shape index (κ1) is 16.1. The fourth-order valence-electron chi connectivity index (χ4n) is 4.48. The number of fused-ring (bicyclic) bond motifs is 1. The first-order chi connectivity index (χ1) is 11.5. The lowest BCUT2D eigenvalue weighted by molar-refractivity contribution is -0.0460. The van der Waals surface area contributed by atoms with Gasteiger partial charge in [0.15, 0.2) is 5.78 Å². The summed E-state index contributed by atoms with van der Waals surface area (Å²) in [7, 11) is 1.79. The molecule has 0 aliphatic heterocycles. The molecule has 130 valence electrons. The molecule has 3 aliphatic rings. The molecule has 0 aromatic heterocycles. The quantitative estimate of drug-likeness (QED) is 0.812. The number of ether oxygens (including phenoxy) is 2. The standard InChI is InChI=1S/C21H28O3/c1-20(23-2)8-10-21(11-9-20)13-16-6-7-17(12-18(16)19(21)22)24-14-15-4-3-5-15/h6-7,12,15H,3-5,8-11,13-14H2,1-2H3. The molecule has 3 nitrogen and oxygen atoms in total. The maximum absolute atomic E-state index is 13.1. The van der Waals surface area contributed by atoms with E-state index in [0.29, 0.717) is 11.7 Å². The molecule has 0 radical (unpaired) electrons. The monoisotopic (exact) mass is 328 g/mol. The topological polar surface area (TPSA) is 35.5 Å². The van der Waals surface area contributed by atoms with Crippen LogP contribution in [0.25, 0.3) is 0 Å². The second kappa shape index (κ2) is 5.87. The summed E-state index contributed by atoms with van der Waals surface area (Å²) < 4.78 is 11.6. The van der Waals surface area contributed by atoms with E-state index < -0.39 is 0 Å². The van der Waals surface area contributed by atoms with Crippen LogP contribution in [0.2, 0.25) is 0 Å². The highest BCUT2D eigenvalue weighted by Crippen LogP contribution is 2.50. The van der Waals surface area contributed by atoms with Crippen molar-refractivity contribution in [2.24, 2.45) is 11.3 Å². The molecule has 3 heteroatoms. The Morgan fingerprint density at radius 1 is 1.17 bits per heavy atom. The Labute approximate surface area is 144 Å². The Kier molecular flexibility index (Phi) is 3.95. The third-order valence-corrected chi connectivity index (χ3v) is 6.80. The van der Waals surface area contributed by atoms with E-state index in [-0.39, 0.29) is 11.0 Å². The molecule has 3 aliphatic carbocycles. The van der Waals surface area contributed by atoms with E-state index in [9.17, 15) is 4.79 Å². The lowest BCUT2D eigenvalue weighted by Crippen LogP contribution is -2.41. The second-order valence-electron chi connectivity index (χ2n) is 8.37. The highest BCUT2D eigenvalue weighted by atomic mass is 16.5. The van der Waals surface area contributed by atoms with Crippen molar-refractivity contribution in [2.75, 3.05) is 13.7 Å². The van der Waals surface area contributed by atoms with Crippen molar-refractivity contribution in [3.05, 3.63) is 29.3 Å². The maximum atomic E-state index is 13.1. The second-order valence-corrected chi connectivity index (χ2v) is 8.37.